The third-order valence-corrected chi connectivity index (χ3v) is 10.7. The van der Waals surface area contributed by atoms with E-state index in [-0.39, 0.29) is 0 Å². The van der Waals surface area contributed by atoms with Crippen molar-refractivity contribution in [3.8, 4) is 56.0 Å². The van der Waals surface area contributed by atoms with Gasteiger partial charge < -0.3 is 4.42 Å². The molecule has 3 heterocycles. The third-order valence-electron chi connectivity index (χ3n) is 9.50. The van der Waals surface area contributed by atoms with E-state index < -0.39 is 0 Å². The second-order valence-electron chi connectivity index (χ2n) is 12.6. The van der Waals surface area contributed by atoms with Crippen molar-refractivity contribution in [3.05, 3.63) is 170 Å². The fraction of sp³-hybridized carbons (Fsp3) is 0. The van der Waals surface area contributed by atoms with Crippen LogP contribution >= 0.6 is 11.3 Å². The summed E-state index contributed by atoms with van der Waals surface area (Å²) < 4.78 is 9.21. The van der Waals surface area contributed by atoms with Crippen molar-refractivity contribution < 1.29 is 4.42 Å². The van der Waals surface area contributed by atoms with Crippen LogP contribution in [0.5, 0.6) is 0 Å². The Bertz CT molecular complexity index is 2870. The fourth-order valence-corrected chi connectivity index (χ4v) is 8.29. The Morgan fingerprint density at radius 2 is 1.04 bits per heavy atom. The number of rotatable bonds is 5. The first-order valence-electron chi connectivity index (χ1n) is 16.7. The summed E-state index contributed by atoms with van der Waals surface area (Å²) >= 11 is 1.86. The molecule has 10 rings (SSSR count). The van der Waals surface area contributed by atoms with Gasteiger partial charge in [-0.2, -0.15) is 0 Å². The molecule has 50 heavy (non-hydrogen) atoms. The van der Waals surface area contributed by atoms with Gasteiger partial charge in [0, 0.05) is 36.7 Å². The van der Waals surface area contributed by atoms with Crippen LogP contribution in [0.2, 0.25) is 0 Å². The Morgan fingerprint density at radius 1 is 0.420 bits per heavy atom. The molecule has 3 aromatic heterocycles. The maximum absolute atomic E-state index is 6.58. The van der Waals surface area contributed by atoms with Crippen molar-refractivity contribution in [2.45, 2.75) is 0 Å². The van der Waals surface area contributed by atoms with Gasteiger partial charge in [-0.1, -0.05) is 140 Å². The van der Waals surface area contributed by atoms with Crippen LogP contribution in [0.25, 0.3) is 98.3 Å². The van der Waals surface area contributed by atoms with Crippen molar-refractivity contribution in [3.63, 3.8) is 0 Å². The van der Waals surface area contributed by atoms with E-state index in [9.17, 15) is 0 Å². The summed E-state index contributed by atoms with van der Waals surface area (Å²) in [5, 5.41) is 3.59. The lowest BCUT2D eigenvalue weighted by Gasteiger charge is -2.10. The first kappa shape index (κ1) is 28.6. The van der Waals surface area contributed by atoms with Gasteiger partial charge >= 0.3 is 0 Å². The molecule has 0 bridgehead atoms. The lowest BCUT2D eigenvalue weighted by Crippen LogP contribution is -1.94. The van der Waals surface area contributed by atoms with Crippen LogP contribution in [0.3, 0.4) is 0 Å². The standard InChI is InChI=1S/C46H28N2OS/c1-3-12-29(13-4-1)33-24-25-40-39(28-33)43-44(49-40)42(47-46(48-43)30-14-5-2-6-15-30)35-19-10-17-32(27-35)31-16-9-18-34(26-31)36-21-11-22-38-37-20-7-8-23-41(37)50-45(36)38/h1-28H. The van der Waals surface area contributed by atoms with E-state index in [0.29, 0.717) is 11.4 Å². The molecule has 0 aliphatic rings. The molecule has 0 amide bonds. The maximum atomic E-state index is 6.58. The first-order valence-corrected chi connectivity index (χ1v) is 17.6. The largest absolute Gasteiger partial charge is 0.452 e. The highest BCUT2D eigenvalue weighted by molar-refractivity contribution is 7.26. The Kier molecular flexibility index (Phi) is 6.68. The van der Waals surface area contributed by atoms with Gasteiger partial charge in [-0.05, 0) is 63.7 Å². The van der Waals surface area contributed by atoms with E-state index in [0.717, 1.165) is 55.6 Å². The topological polar surface area (TPSA) is 38.9 Å². The van der Waals surface area contributed by atoms with E-state index >= 15 is 0 Å². The highest BCUT2D eigenvalue weighted by Crippen LogP contribution is 2.42. The van der Waals surface area contributed by atoms with Crippen LogP contribution in [0.15, 0.2) is 174 Å². The second-order valence-corrected chi connectivity index (χ2v) is 13.6. The first-order chi connectivity index (χ1) is 24.8. The molecule has 7 aromatic carbocycles. The van der Waals surface area contributed by atoms with Gasteiger partial charge in [0.1, 0.15) is 16.8 Å². The predicted molar refractivity (Wildman–Crippen MR) is 209 cm³/mol. The number of hydrogen-bond acceptors (Lipinski definition) is 4. The zero-order valence-electron chi connectivity index (χ0n) is 26.9. The van der Waals surface area contributed by atoms with Crippen LogP contribution < -0.4 is 0 Å². The molecule has 4 heteroatoms. The number of furan rings is 1. The summed E-state index contributed by atoms with van der Waals surface area (Å²) in [5.74, 6) is 0.671. The van der Waals surface area contributed by atoms with Gasteiger partial charge in [-0.15, -0.1) is 11.3 Å². The van der Waals surface area contributed by atoms with E-state index in [1.165, 1.54) is 31.3 Å². The maximum Gasteiger partial charge on any atom is 0.180 e. The molecule has 0 atom stereocenters. The molecule has 0 spiro atoms. The highest BCUT2D eigenvalue weighted by Gasteiger charge is 2.19. The number of thiophene rings is 1. The van der Waals surface area contributed by atoms with Crippen molar-refractivity contribution >= 4 is 53.6 Å². The summed E-state index contributed by atoms with van der Waals surface area (Å²) in [5.41, 5.74) is 12.0. The zero-order valence-corrected chi connectivity index (χ0v) is 27.7. The van der Waals surface area contributed by atoms with E-state index in [2.05, 4.69) is 140 Å². The smallest absolute Gasteiger partial charge is 0.180 e. The number of aromatic nitrogens is 2. The van der Waals surface area contributed by atoms with Gasteiger partial charge in [0.25, 0.3) is 0 Å². The van der Waals surface area contributed by atoms with Gasteiger partial charge in [0.05, 0.1) is 0 Å². The van der Waals surface area contributed by atoms with Crippen LogP contribution in [-0.4, -0.2) is 9.97 Å². The van der Waals surface area contributed by atoms with Gasteiger partial charge in [0.15, 0.2) is 11.4 Å². The summed E-state index contributed by atoms with van der Waals surface area (Å²) in [6.45, 7) is 0. The molecule has 3 nitrogen and oxygen atoms in total. The summed E-state index contributed by atoms with van der Waals surface area (Å²) in [6.07, 6.45) is 0. The van der Waals surface area contributed by atoms with Crippen molar-refractivity contribution in [2.75, 3.05) is 0 Å². The minimum absolute atomic E-state index is 0.671. The molecular formula is C46H28N2OS. The molecule has 0 unspecified atom stereocenters. The van der Waals surface area contributed by atoms with E-state index in [1.54, 1.807) is 0 Å². The SMILES string of the molecule is c1ccc(-c2ccc3oc4c(-c5cccc(-c6cccc(-c7cccc8c7sc7ccccc78)c6)c5)nc(-c5ccccc5)nc4c3c2)cc1. The molecule has 0 saturated carbocycles. The lowest BCUT2D eigenvalue weighted by atomic mass is 9.96. The Hall–Kier alpha value is -6.36. The van der Waals surface area contributed by atoms with Gasteiger partial charge in [-0.3, -0.25) is 0 Å². The Morgan fingerprint density at radius 3 is 1.86 bits per heavy atom. The molecular weight excluding hydrogens is 629 g/mol. The zero-order chi connectivity index (χ0) is 33.0. The minimum Gasteiger partial charge on any atom is -0.452 e. The van der Waals surface area contributed by atoms with Crippen LogP contribution in [0.4, 0.5) is 0 Å². The molecule has 0 aliphatic heterocycles. The summed E-state index contributed by atoms with van der Waals surface area (Å²) in [6, 6.07) is 59.7. The summed E-state index contributed by atoms with van der Waals surface area (Å²) in [4.78, 5) is 10.3. The van der Waals surface area contributed by atoms with Crippen LogP contribution in [0.1, 0.15) is 0 Å². The van der Waals surface area contributed by atoms with Gasteiger partial charge in [-0.25, -0.2) is 9.97 Å². The van der Waals surface area contributed by atoms with E-state index in [4.69, 9.17) is 14.4 Å². The fourth-order valence-electron chi connectivity index (χ4n) is 7.05. The number of benzene rings is 7. The average Bonchev–Trinajstić information content (AvgIpc) is 3.76. The van der Waals surface area contributed by atoms with Crippen LogP contribution in [-0.2, 0) is 0 Å². The van der Waals surface area contributed by atoms with Crippen molar-refractivity contribution in [1.29, 1.82) is 0 Å². The van der Waals surface area contributed by atoms with Gasteiger partial charge in [0.2, 0.25) is 0 Å². The number of nitrogens with zero attached hydrogens (tertiary/aromatic N) is 2. The molecule has 0 N–H and O–H groups in total. The summed E-state index contributed by atoms with van der Waals surface area (Å²) in [7, 11) is 0. The normalized spacial score (nSPS) is 11.6. The second kappa shape index (κ2) is 11.7. The predicted octanol–water partition coefficient (Wildman–Crippen LogP) is 13.1. The molecule has 234 valence electrons. The quantitative estimate of drug-likeness (QED) is 0.185. The Balaban J connectivity index is 1.13. The molecule has 0 saturated heterocycles. The monoisotopic (exact) mass is 656 g/mol. The third kappa shape index (κ3) is 4.80. The van der Waals surface area contributed by atoms with E-state index in [1.807, 2.05) is 41.7 Å². The minimum atomic E-state index is 0.671. The number of fused-ring (bicyclic) bond motifs is 6. The van der Waals surface area contributed by atoms with Crippen molar-refractivity contribution in [1.82, 2.24) is 9.97 Å². The molecule has 0 aliphatic carbocycles. The molecule has 10 aromatic rings. The average molecular weight is 657 g/mol. The lowest BCUT2D eigenvalue weighted by molar-refractivity contribution is 0.667. The van der Waals surface area contributed by atoms with Crippen LogP contribution in [0, 0.1) is 0 Å². The Labute approximate surface area is 292 Å². The molecule has 0 fully saturated rings. The molecule has 0 radical (unpaired) electrons. The number of hydrogen-bond donors (Lipinski definition) is 0. The highest BCUT2D eigenvalue weighted by atomic mass is 32.1. The van der Waals surface area contributed by atoms with Crippen molar-refractivity contribution in [2.24, 2.45) is 0 Å².